The average Bonchev–Trinajstić information content (AvgIpc) is 2.43. The molecule has 6 heteroatoms. The molecule has 0 atom stereocenters. The second-order valence-electron chi connectivity index (χ2n) is 4.71. The van der Waals surface area contributed by atoms with E-state index in [1.807, 2.05) is 12.1 Å². The summed E-state index contributed by atoms with van der Waals surface area (Å²) in [6, 6.07) is 8.02. The van der Waals surface area contributed by atoms with Gasteiger partial charge in [0.25, 0.3) is 0 Å². The minimum Gasteiger partial charge on any atom is -0.507 e. The van der Waals surface area contributed by atoms with Crippen molar-refractivity contribution in [2.24, 2.45) is 0 Å². The summed E-state index contributed by atoms with van der Waals surface area (Å²) in [6.07, 6.45) is 0.897. The van der Waals surface area contributed by atoms with E-state index in [0.717, 1.165) is 5.56 Å². The minimum atomic E-state index is -0.0997. The van der Waals surface area contributed by atoms with Gasteiger partial charge in [-0.1, -0.05) is 0 Å². The van der Waals surface area contributed by atoms with Crippen molar-refractivity contribution in [3.63, 3.8) is 0 Å². The number of halogens is 2. The van der Waals surface area contributed by atoms with Crippen LogP contribution in [-0.2, 0) is 11.2 Å². The van der Waals surface area contributed by atoms with Gasteiger partial charge in [-0.3, -0.25) is 9.59 Å². The predicted octanol–water partition coefficient (Wildman–Crippen LogP) is 4.65. The highest BCUT2D eigenvalue weighted by Gasteiger charge is 2.12. The van der Waals surface area contributed by atoms with Crippen LogP contribution in [0.5, 0.6) is 17.2 Å². The molecule has 2 rings (SSSR count). The number of rotatable bonds is 5. The van der Waals surface area contributed by atoms with Crippen LogP contribution in [0.3, 0.4) is 0 Å². The fourth-order valence-electron chi connectivity index (χ4n) is 1.91. The third-order valence-electron chi connectivity index (χ3n) is 2.86. The molecule has 4 nitrogen and oxygen atoms in total. The average molecular weight is 428 g/mol. The van der Waals surface area contributed by atoms with Crippen molar-refractivity contribution in [3.05, 3.63) is 50.4 Å². The van der Waals surface area contributed by atoms with Crippen LogP contribution in [0.25, 0.3) is 0 Å². The number of hydrogen-bond donors (Lipinski definition) is 1. The highest BCUT2D eigenvalue weighted by atomic mass is 79.9. The second-order valence-corrected chi connectivity index (χ2v) is 6.42. The SMILES string of the molecule is CC(=O)Cc1cc(Br)c(Oc2ccc(O)c(C=O)c2)c(Br)c1. The van der Waals surface area contributed by atoms with E-state index < -0.39 is 0 Å². The molecule has 22 heavy (non-hydrogen) atoms. The Labute approximate surface area is 144 Å². The molecular weight excluding hydrogens is 416 g/mol. The molecule has 0 spiro atoms. The Hall–Kier alpha value is -1.66. The monoisotopic (exact) mass is 426 g/mol. The summed E-state index contributed by atoms with van der Waals surface area (Å²) in [5, 5.41) is 9.49. The topological polar surface area (TPSA) is 63.6 Å². The standard InChI is InChI=1S/C16H12Br2O4/c1-9(20)4-10-5-13(17)16(14(18)6-10)22-12-2-3-15(21)11(7-12)8-19/h2-3,5-8,21H,4H2,1H3. The molecule has 0 amide bonds. The van der Waals surface area contributed by atoms with Crippen LogP contribution in [0.2, 0.25) is 0 Å². The Morgan fingerprint density at radius 2 is 1.86 bits per heavy atom. The maximum absolute atomic E-state index is 11.2. The molecule has 0 fully saturated rings. The third kappa shape index (κ3) is 3.96. The Morgan fingerprint density at radius 1 is 1.23 bits per heavy atom. The van der Waals surface area contributed by atoms with Crippen LogP contribution >= 0.6 is 31.9 Å². The van der Waals surface area contributed by atoms with Crippen molar-refractivity contribution >= 4 is 43.9 Å². The molecule has 0 heterocycles. The van der Waals surface area contributed by atoms with Crippen LogP contribution in [0.4, 0.5) is 0 Å². The van der Waals surface area contributed by atoms with Crippen LogP contribution in [0.1, 0.15) is 22.8 Å². The van der Waals surface area contributed by atoms with Crippen molar-refractivity contribution in [2.45, 2.75) is 13.3 Å². The number of phenols is 1. The van der Waals surface area contributed by atoms with E-state index in [-0.39, 0.29) is 17.1 Å². The number of carbonyl (C=O) groups is 2. The van der Waals surface area contributed by atoms with Gasteiger partial charge in [-0.15, -0.1) is 0 Å². The molecular formula is C16H12Br2O4. The summed E-state index contributed by atoms with van der Waals surface area (Å²) in [6.45, 7) is 1.53. The highest BCUT2D eigenvalue weighted by molar-refractivity contribution is 9.11. The lowest BCUT2D eigenvalue weighted by Crippen LogP contribution is -1.97. The van der Waals surface area contributed by atoms with Gasteiger partial charge in [-0.25, -0.2) is 0 Å². The van der Waals surface area contributed by atoms with Crippen molar-refractivity contribution in [1.29, 1.82) is 0 Å². The number of phenolic OH excluding ortho intramolecular Hbond substituents is 1. The van der Waals surface area contributed by atoms with Crippen molar-refractivity contribution in [2.75, 3.05) is 0 Å². The van der Waals surface area contributed by atoms with Gasteiger partial charge in [0.1, 0.15) is 17.3 Å². The summed E-state index contributed by atoms with van der Waals surface area (Å²) in [4.78, 5) is 22.0. The number of hydrogen-bond acceptors (Lipinski definition) is 4. The molecule has 1 N–H and O–H groups in total. The molecule has 114 valence electrons. The Morgan fingerprint density at radius 3 is 2.41 bits per heavy atom. The zero-order valence-electron chi connectivity index (χ0n) is 11.6. The Balaban J connectivity index is 2.33. The number of benzene rings is 2. The summed E-state index contributed by atoms with van der Waals surface area (Å²) in [7, 11) is 0. The molecule has 0 saturated heterocycles. The predicted molar refractivity (Wildman–Crippen MR) is 89.8 cm³/mol. The third-order valence-corrected chi connectivity index (χ3v) is 4.04. The van der Waals surface area contributed by atoms with Gasteiger partial charge in [0, 0.05) is 6.42 Å². The lowest BCUT2D eigenvalue weighted by atomic mass is 10.1. The van der Waals surface area contributed by atoms with Gasteiger partial charge >= 0.3 is 0 Å². The zero-order valence-corrected chi connectivity index (χ0v) is 14.8. The van der Waals surface area contributed by atoms with Gasteiger partial charge < -0.3 is 9.84 Å². The maximum Gasteiger partial charge on any atom is 0.155 e. The molecule has 0 aliphatic rings. The van der Waals surface area contributed by atoms with Gasteiger partial charge in [0.2, 0.25) is 0 Å². The quantitative estimate of drug-likeness (QED) is 0.705. The first kappa shape index (κ1) is 16.7. The zero-order chi connectivity index (χ0) is 16.3. The smallest absolute Gasteiger partial charge is 0.155 e. The van der Waals surface area contributed by atoms with E-state index in [1.165, 1.54) is 19.1 Å². The molecule has 2 aromatic rings. The molecule has 0 unspecified atom stereocenters. The van der Waals surface area contributed by atoms with Gasteiger partial charge in [-0.05, 0) is 74.7 Å². The minimum absolute atomic E-state index is 0.0710. The first-order chi connectivity index (χ1) is 10.4. The normalized spacial score (nSPS) is 10.3. The van der Waals surface area contributed by atoms with Crippen LogP contribution < -0.4 is 4.74 Å². The van der Waals surface area contributed by atoms with Crippen molar-refractivity contribution in [1.82, 2.24) is 0 Å². The van der Waals surface area contributed by atoms with E-state index >= 15 is 0 Å². The highest BCUT2D eigenvalue weighted by Crippen LogP contribution is 2.38. The number of Topliss-reactive ketones (excluding diaryl/α,β-unsaturated/α-hetero) is 1. The van der Waals surface area contributed by atoms with Crippen molar-refractivity contribution in [3.8, 4) is 17.2 Å². The van der Waals surface area contributed by atoms with Crippen molar-refractivity contribution < 1.29 is 19.4 Å². The van der Waals surface area contributed by atoms with Gasteiger partial charge in [0.15, 0.2) is 12.0 Å². The fourth-order valence-corrected chi connectivity index (χ4v) is 3.35. The molecule has 2 aromatic carbocycles. The summed E-state index contributed by atoms with van der Waals surface area (Å²) >= 11 is 6.82. The molecule has 0 saturated carbocycles. The number of ether oxygens (including phenoxy) is 1. The molecule has 0 aromatic heterocycles. The van der Waals surface area contributed by atoms with E-state index in [2.05, 4.69) is 31.9 Å². The fraction of sp³-hybridized carbons (Fsp3) is 0.125. The number of aldehydes is 1. The van der Waals surface area contributed by atoms with Crippen LogP contribution in [-0.4, -0.2) is 17.2 Å². The van der Waals surface area contributed by atoms with Gasteiger partial charge in [-0.2, -0.15) is 0 Å². The number of ketones is 1. The maximum atomic E-state index is 11.2. The van der Waals surface area contributed by atoms with E-state index in [9.17, 15) is 14.7 Å². The van der Waals surface area contributed by atoms with E-state index in [4.69, 9.17) is 4.74 Å². The second kappa shape index (κ2) is 7.07. The lowest BCUT2D eigenvalue weighted by molar-refractivity contribution is -0.116. The summed E-state index contributed by atoms with van der Waals surface area (Å²) < 4.78 is 7.11. The molecule has 0 radical (unpaired) electrons. The number of carbonyl (C=O) groups excluding carboxylic acids is 2. The number of aromatic hydroxyl groups is 1. The first-order valence-corrected chi connectivity index (χ1v) is 7.92. The summed E-state index contributed by atoms with van der Waals surface area (Å²) in [5.74, 6) is 0.911. The van der Waals surface area contributed by atoms with E-state index in [1.54, 1.807) is 6.07 Å². The Bertz CT molecular complexity index is 718. The molecule has 0 aliphatic heterocycles. The first-order valence-electron chi connectivity index (χ1n) is 6.34. The van der Waals surface area contributed by atoms with Gasteiger partial charge in [0.05, 0.1) is 14.5 Å². The summed E-state index contributed by atoms with van der Waals surface area (Å²) in [5.41, 5.74) is 1.01. The van der Waals surface area contributed by atoms with Crippen LogP contribution in [0.15, 0.2) is 39.3 Å². The van der Waals surface area contributed by atoms with Crippen LogP contribution in [0, 0.1) is 0 Å². The Kier molecular flexibility index (Phi) is 5.37. The largest absolute Gasteiger partial charge is 0.507 e. The molecule has 0 aliphatic carbocycles. The van der Waals surface area contributed by atoms with E-state index in [0.29, 0.717) is 33.2 Å². The lowest BCUT2D eigenvalue weighted by Gasteiger charge is -2.12. The molecule has 0 bridgehead atoms.